The van der Waals surface area contributed by atoms with Crippen LogP contribution in [0.3, 0.4) is 0 Å². The van der Waals surface area contributed by atoms with Crippen molar-refractivity contribution in [2.75, 3.05) is 30.9 Å². The van der Waals surface area contributed by atoms with E-state index in [0.717, 1.165) is 0 Å². The number of hydrogen-bond acceptors (Lipinski definition) is 7. The maximum Gasteiger partial charge on any atom is 0.323 e. The summed E-state index contributed by atoms with van der Waals surface area (Å²) in [5, 5.41) is 5.00. The molecule has 0 saturated carbocycles. The van der Waals surface area contributed by atoms with E-state index in [9.17, 15) is 0 Å². The van der Waals surface area contributed by atoms with E-state index in [2.05, 4.69) is 38.6 Å². The van der Waals surface area contributed by atoms with Gasteiger partial charge in [-0.1, -0.05) is 6.07 Å². The van der Waals surface area contributed by atoms with Gasteiger partial charge in [0.15, 0.2) is 0 Å². The second-order valence-corrected chi connectivity index (χ2v) is 5.21. The first kappa shape index (κ1) is 14.5. The Kier molecular flexibility index (Phi) is 4.73. The highest BCUT2D eigenvalue weighted by Crippen LogP contribution is 2.27. The molecule has 20 heavy (non-hydrogen) atoms. The van der Waals surface area contributed by atoms with Crippen LogP contribution in [0.25, 0.3) is 0 Å². The molecule has 0 spiro atoms. The molecule has 0 bridgehead atoms. The van der Waals surface area contributed by atoms with Crippen LogP contribution in [0.2, 0.25) is 0 Å². The van der Waals surface area contributed by atoms with Crippen LogP contribution in [0.1, 0.15) is 24.8 Å². The topological polar surface area (TPSA) is 63.2 Å². The summed E-state index contributed by atoms with van der Waals surface area (Å²) in [5.41, 5.74) is 0. The van der Waals surface area contributed by atoms with Gasteiger partial charge in [0.2, 0.25) is 11.9 Å². The summed E-state index contributed by atoms with van der Waals surface area (Å²) >= 11 is 1.72. The molecule has 6 nitrogen and oxygen atoms in total. The Morgan fingerprint density at radius 2 is 2.20 bits per heavy atom. The third kappa shape index (κ3) is 3.16. The smallest absolute Gasteiger partial charge is 0.323 e. The largest absolute Gasteiger partial charge is 0.464 e. The van der Waals surface area contributed by atoms with E-state index in [4.69, 9.17) is 4.74 Å². The predicted octanol–water partition coefficient (Wildman–Crippen LogP) is 2.57. The second kappa shape index (κ2) is 6.51. The quantitative estimate of drug-likeness (QED) is 0.883. The van der Waals surface area contributed by atoms with Gasteiger partial charge in [0.25, 0.3) is 0 Å². The standard InChI is InChI=1S/C13H19N5OS/c1-5-19-13-16-11(14-3)15-12(17-13)18(4)9(2)10-7-6-8-20-10/h6-9H,5H2,1-4H3,(H,14,15,16,17). The molecule has 0 aliphatic rings. The normalized spacial score (nSPS) is 12.0. The fourth-order valence-electron chi connectivity index (χ4n) is 1.70. The molecule has 0 aromatic carbocycles. The van der Waals surface area contributed by atoms with Gasteiger partial charge in [-0.15, -0.1) is 11.3 Å². The highest BCUT2D eigenvalue weighted by molar-refractivity contribution is 7.10. The maximum atomic E-state index is 5.38. The van der Waals surface area contributed by atoms with Gasteiger partial charge in [-0.2, -0.15) is 15.0 Å². The first-order valence-electron chi connectivity index (χ1n) is 6.48. The monoisotopic (exact) mass is 293 g/mol. The average Bonchev–Trinajstić information content (AvgIpc) is 2.99. The van der Waals surface area contributed by atoms with Crippen molar-refractivity contribution in [3.8, 4) is 6.01 Å². The van der Waals surface area contributed by atoms with Crippen LogP contribution >= 0.6 is 11.3 Å². The van der Waals surface area contributed by atoms with Gasteiger partial charge >= 0.3 is 6.01 Å². The zero-order chi connectivity index (χ0) is 14.5. The minimum atomic E-state index is 0.191. The maximum absolute atomic E-state index is 5.38. The van der Waals surface area contributed by atoms with E-state index >= 15 is 0 Å². The molecule has 108 valence electrons. The second-order valence-electron chi connectivity index (χ2n) is 4.23. The summed E-state index contributed by atoms with van der Waals surface area (Å²) in [6, 6.07) is 4.68. The summed E-state index contributed by atoms with van der Waals surface area (Å²) in [6.07, 6.45) is 0. The lowest BCUT2D eigenvalue weighted by Gasteiger charge is -2.24. The number of nitrogens with one attached hydrogen (secondary N) is 1. The Morgan fingerprint density at radius 3 is 2.80 bits per heavy atom. The van der Waals surface area contributed by atoms with E-state index in [0.29, 0.717) is 24.5 Å². The van der Waals surface area contributed by atoms with Gasteiger partial charge in [0.1, 0.15) is 0 Å². The number of hydrogen-bond donors (Lipinski definition) is 1. The van der Waals surface area contributed by atoms with Gasteiger partial charge in [0, 0.05) is 19.0 Å². The molecule has 7 heteroatoms. The number of thiophene rings is 1. The molecule has 2 aromatic rings. The lowest BCUT2D eigenvalue weighted by Crippen LogP contribution is -2.24. The Morgan fingerprint density at radius 1 is 1.40 bits per heavy atom. The van der Waals surface area contributed by atoms with E-state index in [1.807, 2.05) is 24.9 Å². The van der Waals surface area contributed by atoms with Crippen LogP contribution in [0.4, 0.5) is 11.9 Å². The highest BCUT2D eigenvalue weighted by Gasteiger charge is 2.17. The molecular weight excluding hydrogens is 274 g/mol. The lowest BCUT2D eigenvalue weighted by atomic mass is 10.2. The van der Waals surface area contributed by atoms with Crippen molar-refractivity contribution in [2.45, 2.75) is 19.9 Å². The predicted molar refractivity (Wildman–Crippen MR) is 81.7 cm³/mol. The molecule has 0 fully saturated rings. The van der Waals surface area contributed by atoms with Crippen molar-refractivity contribution < 1.29 is 4.74 Å². The fraction of sp³-hybridized carbons (Fsp3) is 0.462. The average molecular weight is 293 g/mol. The zero-order valence-electron chi connectivity index (χ0n) is 12.1. The van der Waals surface area contributed by atoms with Crippen molar-refractivity contribution in [2.24, 2.45) is 0 Å². The third-order valence-electron chi connectivity index (χ3n) is 2.95. The van der Waals surface area contributed by atoms with Gasteiger partial charge < -0.3 is 15.0 Å². The Labute approximate surface area is 122 Å². The van der Waals surface area contributed by atoms with Gasteiger partial charge in [-0.05, 0) is 25.3 Å². The summed E-state index contributed by atoms with van der Waals surface area (Å²) in [5.74, 6) is 1.09. The number of aromatic nitrogens is 3. The van der Waals surface area contributed by atoms with Crippen LogP contribution < -0.4 is 15.0 Å². The van der Waals surface area contributed by atoms with Crippen LogP contribution in [-0.2, 0) is 0 Å². The minimum absolute atomic E-state index is 0.191. The van der Waals surface area contributed by atoms with Crippen molar-refractivity contribution in [3.63, 3.8) is 0 Å². The van der Waals surface area contributed by atoms with Crippen molar-refractivity contribution >= 4 is 23.2 Å². The molecule has 2 rings (SSSR count). The number of anilines is 2. The van der Waals surface area contributed by atoms with Crippen molar-refractivity contribution in [3.05, 3.63) is 22.4 Å². The molecular formula is C13H19N5OS. The number of ether oxygens (including phenoxy) is 1. The molecule has 1 N–H and O–H groups in total. The molecule has 0 radical (unpaired) electrons. The summed E-state index contributed by atoms with van der Waals surface area (Å²) < 4.78 is 5.38. The minimum Gasteiger partial charge on any atom is -0.464 e. The van der Waals surface area contributed by atoms with Crippen LogP contribution in [-0.4, -0.2) is 35.7 Å². The molecule has 2 aromatic heterocycles. The lowest BCUT2D eigenvalue weighted by molar-refractivity contribution is 0.312. The van der Waals surface area contributed by atoms with E-state index in [-0.39, 0.29) is 6.04 Å². The van der Waals surface area contributed by atoms with Crippen LogP contribution in [0, 0.1) is 0 Å². The molecule has 0 aliphatic heterocycles. The third-order valence-corrected chi connectivity index (χ3v) is 3.99. The van der Waals surface area contributed by atoms with Crippen LogP contribution in [0.15, 0.2) is 17.5 Å². The van der Waals surface area contributed by atoms with Gasteiger partial charge in [0.05, 0.1) is 12.6 Å². The zero-order valence-corrected chi connectivity index (χ0v) is 12.9. The summed E-state index contributed by atoms with van der Waals surface area (Å²) in [6.45, 7) is 4.55. The number of nitrogens with zero attached hydrogens (tertiary/aromatic N) is 4. The first-order valence-corrected chi connectivity index (χ1v) is 7.36. The van der Waals surface area contributed by atoms with Gasteiger partial charge in [-0.3, -0.25) is 0 Å². The molecule has 2 heterocycles. The Hall–Kier alpha value is -1.89. The van der Waals surface area contributed by atoms with Crippen LogP contribution in [0.5, 0.6) is 6.01 Å². The fourth-order valence-corrected chi connectivity index (χ4v) is 2.53. The van der Waals surface area contributed by atoms with Crippen molar-refractivity contribution in [1.82, 2.24) is 15.0 Å². The highest BCUT2D eigenvalue weighted by atomic mass is 32.1. The Balaban J connectivity index is 2.28. The molecule has 1 unspecified atom stereocenters. The SMILES string of the molecule is CCOc1nc(NC)nc(N(C)C(C)c2cccs2)n1. The Bertz CT molecular complexity index is 546. The molecule has 0 saturated heterocycles. The van der Waals surface area contributed by atoms with E-state index in [1.165, 1.54) is 4.88 Å². The van der Waals surface area contributed by atoms with E-state index in [1.54, 1.807) is 18.4 Å². The molecule has 1 atom stereocenters. The number of rotatable bonds is 6. The first-order chi connectivity index (χ1) is 9.65. The summed E-state index contributed by atoms with van der Waals surface area (Å²) in [7, 11) is 3.74. The molecule has 0 amide bonds. The summed E-state index contributed by atoms with van der Waals surface area (Å²) in [4.78, 5) is 16.2. The molecule has 0 aliphatic carbocycles. The van der Waals surface area contributed by atoms with Gasteiger partial charge in [-0.25, -0.2) is 0 Å². The van der Waals surface area contributed by atoms with Crippen molar-refractivity contribution in [1.29, 1.82) is 0 Å². The van der Waals surface area contributed by atoms with E-state index < -0.39 is 0 Å².